The zero-order chi connectivity index (χ0) is 29.4. The molecule has 1 atom stereocenters. The molecule has 42 heavy (non-hydrogen) atoms. The van der Waals surface area contributed by atoms with E-state index in [0.29, 0.717) is 33.0 Å². The van der Waals surface area contributed by atoms with Gasteiger partial charge < -0.3 is 10.6 Å². The number of benzene rings is 2. The number of nitrogens with one attached hydrogen (secondary N) is 2. The van der Waals surface area contributed by atoms with Crippen molar-refractivity contribution in [1.29, 1.82) is 5.26 Å². The van der Waals surface area contributed by atoms with Crippen molar-refractivity contribution in [3.8, 4) is 6.07 Å². The topological polar surface area (TPSA) is 104 Å². The Bertz CT molecular complexity index is 1830. The van der Waals surface area contributed by atoms with E-state index in [1.165, 1.54) is 24.8 Å². The van der Waals surface area contributed by atoms with Crippen LogP contribution in [-0.2, 0) is 6.54 Å². The van der Waals surface area contributed by atoms with Gasteiger partial charge in [0.15, 0.2) is 5.82 Å². The summed E-state index contributed by atoms with van der Waals surface area (Å²) in [6.45, 7) is 2.97. The predicted octanol–water partition coefficient (Wildman–Crippen LogP) is 7.30. The van der Waals surface area contributed by atoms with Gasteiger partial charge in [0, 0.05) is 29.2 Å². The molecule has 1 aliphatic carbocycles. The van der Waals surface area contributed by atoms with Gasteiger partial charge in [-0.05, 0) is 48.1 Å². The maximum absolute atomic E-state index is 13.9. The van der Waals surface area contributed by atoms with Crippen LogP contribution in [0.15, 0.2) is 61.1 Å². The van der Waals surface area contributed by atoms with Crippen molar-refractivity contribution in [2.75, 3.05) is 10.6 Å². The maximum Gasteiger partial charge on any atom is 0.249 e. The maximum atomic E-state index is 13.9. The number of nitriles is 1. The van der Waals surface area contributed by atoms with E-state index < -0.39 is 17.8 Å². The third-order valence-electron chi connectivity index (χ3n) is 7.58. The molecule has 0 amide bonds. The highest BCUT2D eigenvalue weighted by atomic mass is 35.5. The summed E-state index contributed by atoms with van der Waals surface area (Å²) in [6.07, 6.45) is 7.83. The Kier molecular flexibility index (Phi) is 7.16. The summed E-state index contributed by atoms with van der Waals surface area (Å²) in [5, 5.41) is 25.8. The minimum Gasteiger partial charge on any atom is -0.371 e. The van der Waals surface area contributed by atoms with Crippen LogP contribution in [0.1, 0.15) is 49.0 Å². The molecule has 0 spiro atoms. The SMILES string of the molecule is CC1(Cn2cc([C@@H](Nc3cc(Cl)cc4c(Nc5cnc(F)c(F)c5)c(C#N)cnc34)c3ccc(F)cc3)nn2)CCC1. The predicted molar refractivity (Wildman–Crippen MR) is 153 cm³/mol. The van der Waals surface area contributed by atoms with E-state index in [2.05, 4.69) is 43.9 Å². The lowest BCUT2D eigenvalue weighted by atomic mass is 9.70. The second-order valence-electron chi connectivity index (χ2n) is 10.8. The molecular weight excluding hydrogens is 565 g/mol. The Morgan fingerprint density at radius 1 is 1.10 bits per heavy atom. The number of aromatic nitrogens is 5. The Morgan fingerprint density at radius 3 is 2.57 bits per heavy atom. The molecule has 0 saturated heterocycles. The van der Waals surface area contributed by atoms with Crippen molar-refractivity contribution < 1.29 is 13.2 Å². The molecule has 212 valence electrons. The van der Waals surface area contributed by atoms with Gasteiger partial charge in [0.05, 0.1) is 46.6 Å². The molecule has 5 aromatic rings. The summed E-state index contributed by atoms with van der Waals surface area (Å²) < 4.78 is 43.0. The molecule has 12 heteroatoms. The van der Waals surface area contributed by atoms with Crippen LogP contribution in [-0.4, -0.2) is 25.0 Å². The number of halogens is 4. The van der Waals surface area contributed by atoms with Gasteiger partial charge in [0.1, 0.15) is 17.6 Å². The molecular formula is C30H24ClF3N8. The summed E-state index contributed by atoms with van der Waals surface area (Å²) in [7, 11) is 0. The first-order valence-electron chi connectivity index (χ1n) is 13.2. The van der Waals surface area contributed by atoms with Gasteiger partial charge >= 0.3 is 0 Å². The normalized spacial score (nSPS) is 14.7. The Hall–Kier alpha value is -4.69. The van der Waals surface area contributed by atoms with Crippen LogP contribution in [0, 0.1) is 34.3 Å². The van der Waals surface area contributed by atoms with Gasteiger partial charge in [0.25, 0.3) is 0 Å². The molecule has 3 heterocycles. The molecule has 1 saturated carbocycles. The van der Waals surface area contributed by atoms with E-state index in [1.807, 2.05) is 10.9 Å². The van der Waals surface area contributed by atoms with Crippen molar-refractivity contribution in [3.63, 3.8) is 0 Å². The third-order valence-corrected chi connectivity index (χ3v) is 7.80. The van der Waals surface area contributed by atoms with Crippen molar-refractivity contribution >= 4 is 39.6 Å². The summed E-state index contributed by atoms with van der Waals surface area (Å²) >= 11 is 6.55. The van der Waals surface area contributed by atoms with Crippen LogP contribution in [0.2, 0.25) is 5.02 Å². The summed E-state index contributed by atoms with van der Waals surface area (Å²) in [6, 6.07) is 11.8. The van der Waals surface area contributed by atoms with E-state index in [-0.39, 0.29) is 22.5 Å². The lowest BCUT2D eigenvalue weighted by Crippen LogP contribution is -2.30. The van der Waals surface area contributed by atoms with Gasteiger partial charge in [0.2, 0.25) is 5.95 Å². The van der Waals surface area contributed by atoms with Gasteiger partial charge in [-0.2, -0.15) is 9.65 Å². The molecule has 1 fully saturated rings. The highest BCUT2D eigenvalue weighted by molar-refractivity contribution is 6.32. The first-order chi connectivity index (χ1) is 20.2. The summed E-state index contributed by atoms with van der Waals surface area (Å²) in [5.74, 6) is -2.75. The fourth-order valence-electron chi connectivity index (χ4n) is 5.22. The van der Waals surface area contributed by atoms with Crippen molar-refractivity contribution in [2.24, 2.45) is 5.41 Å². The van der Waals surface area contributed by atoms with Crippen LogP contribution in [0.3, 0.4) is 0 Å². The molecule has 3 aromatic heterocycles. The molecule has 2 aromatic carbocycles. The molecule has 1 aliphatic rings. The monoisotopic (exact) mass is 588 g/mol. The lowest BCUT2D eigenvalue weighted by Gasteiger charge is -2.37. The number of nitrogens with zero attached hydrogens (tertiary/aromatic N) is 6. The molecule has 2 N–H and O–H groups in total. The molecule has 0 unspecified atom stereocenters. The van der Waals surface area contributed by atoms with E-state index in [9.17, 15) is 18.4 Å². The Labute approximate surface area is 244 Å². The first-order valence-corrected chi connectivity index (χ1v) is 13.6. The van der Waals surface area contributed by atoms with Gasteiger partial charge in [-0.15, -0.1) is 5.10 Å². The lowest BCUT2D eigenvalue weighted by molar-refractivity contribution is 0.125. The number of pyridine rings is 2. The number of rotatable bonds is 8. The minimum atomic E-state index is -1.24. The molecule has 0 bridgehead atoms. The van der Waals surface area contributed by atoms with Crippen LogP contribution in [0.5, 0.6) is 0 Å². The zero-order valence-corrected chi connectivity index (χ0v) is 23.1. The van der Waals surface area contributed by atoms with Crippen LogP contribution in [0.4, 0.5) is 30.2 Å². The molecule has 0 aliphatic heterocycles. The smallest absolute Gasteiger partial charge is 0.249 e. The number of hydrogen-bond donors (Lipinski definition) is 2. The van der Waals surface area contributed by atoms with Gasteiger partial charge in [-0.1, -0.05) is 42.3 Å². The average Bonchev–Trinajstić information content (AvgIpc) is 3.41. The minimum absolute atomic E-state index is 0.133. The highest BCUT2D eigenvalue weighted by Gasteiger charge is 2.33. The van der Waals surface area contributed by atoms with Crippen LogP contribution < -0.4 is 10.6 Å². The largest absolute Gasteiger partial charge is 0.371 e. The van der Waals surface area contributed by atoms with Gasteiger partial charge in [-0.3, -0.25) is 9.67 Å². The summed E-state index contributed by atoms with van der Waals surface area (Å²) in [5.41, 5.74) is 3.04. The quantitative estimate of drug-likeness (QED) is 0.183. The number of hydrogen-bond acceptors (Lipinski definition) is 7. The number of fused-ring (bicyclic) bond motifs is 1. The second kappa shape index (κ2) is 10.9. The third kappa shape index (κ3) is 5.45. The van der Waals surface area contributed by atoms with Gasteiger partial charge in [-0.25, -0.2) is 13.8 Å². The standard InChI is InChI=1S/C30H24ClF3N8/c1-30(7-2-8-30)16-42-15-25(40-41-42)27(17-3-5-20(32)6-4-17)39-24-10-19(31)9-22-26(18(12-35)13-36-28(22)24)38-21-11-23(33)29(34)37-14-21/h3-6,9-11,13-15,27,39H,2,7-8,16H2,1H3,(H,36,38)/t27-/m0/s1. The second-order valence-corrected chi connectivity index (χ2v) is 11.2. The highest BCUT2D eigenvalue weighted by Crippen LogP contribution is 2.42. The molecule has 8 nitrogen and oxygen atoms in total. The van der Waals surface area contributed by atoms with Crippen molar-refractivity contribution in [2.45, 2.75) is 38.8 Å². The fraction of sp³-hybridized carbons (Fsp3) is 0.233. The van der Waals surface area contributed by atoms with Crippen molar-refractivity contribution in [3.05, 3.63) is 100 Å². The van der Waals surface area contributed by atoms with E-state index >= 15 is 0 Å². The Balaban J connectivity index is 1.42. The number of anilines is 3. The van der Waals surface area contributed by atoms with E-state index in [0.717, 1.165) is 37.2 Å². The average molecular weight is 589 g/mol. The molecule has 0 radical (unpaired) electrons. The van der Waals surface area contributed by atoms with Crippen LogP contribution in [0.25, 0.3) is 10.9 Å². The Morgan fingerprint density at radius 2 is 1.88 bits per heavy atom. The van der Waals surface area contributed by atoms with E-state index in [4.69, 9.17) is 11.6 Å². The van der Waals surface area contributed by atoms with E-state index in [1.54, 1.807) is 24.3 Å². The van der Waals surface area contributed by atoms with Crippen LogP contribution >= 0.6 is 11.6 Å². The molecule has 6 rings (SSSR count). The first kappa shape index (κ1) is 27.5. The summed E-state index contributed by atoms with van der Waals surface area (Å²) in [4.78, 5) is 7.93. The van der Waals surface area contributed by atoms with Crippen molar-refractivity contribution in [1.82, 2.24) is 25.0 Å². The fourth-order valence-corrected chi connectivity index (χ4v) is 5.44. The zero-order valence-electron chi connectivity index (χ0n) is 22.4.